The summed E-state index contributed by atoms with van der Waals surface area (Å²) in [6, 6.07) is 10.9. The molecule has 2 aromatic heterocycles. The van der Waals surface area contributed by atoms with Gasteiger partial charge in [0.25, 0.3) is 0 Å². The zero-order valence-electron chi connectivity index (χ0n) is 12.7. The van der Waals surface area contributed by atoms with E-state index < -0.39 is 10.0 Å². The first kappa shape index (κ1) is 15.6. The van der Waals surface area contributed by atoms with Gasteiger partial charge in [0.1, 0.15) is 4.90 Å². The van der Waals surface area contributed by atoms with Gasteiger partial charge in [0, 0.05) is 30.5 Å². The molecule has 0 radical (unpaired) electrons. The van der Waals surface area contributed by atoms with Gasteiger partial charge in [-0.15, -0.1) is 0 Å². The number of hydrogen-bond acceptors (Lipinski definition) is 4. The van der Waals surface area contributed by atoms with Crippen molar-refractivity contribution >= 4 is 20.9 Å². The van der Waals surface area contributed by atoms with Crippen LogP contribution in [0.4, 0.5) is 0 Å². The molecule has 0 atom stereocenters. The molecule has 0 amide bonds. The standard InChI is InChI=1S/C17H17N3O2S/c1-13-10-15-5-2-6-16(17(15)19-11-13)23(21,22)20-9-7-14-4-3-8-18-12-14/h2-6,8,10-12,20H,7,9H2,1H3. The molecular formula is C17H17N3O2S. The molecule has 1 N–H and O–H groups in total. The Balaban J connectivity index is 1.82. The van der Waals surface area contributed by atoms with Gasteiger partial charge in [-0.05, 0) is 42.7 Å². The smallest absolute Gasteiger partial charge is 0.242 e. The van der Waals surface area contributed by atoms with Gasteiger partial charge in [0.05, 0.1) is 5.52 Å². The minimum atomic E-state index is -3.60. The minimum absolute atomic E-state index is 0.209. The van der Waals surface area contributed by atoms with Crippen LogP contribution in [-0.2, 0) is 16.4 Å². The molecule has 0 aliphatic heterocycles. The van der Waals surface area contributed by atoms with Crippen molar-refractivity contribution in [3.8, 4) is 0 Å². The predicted octanol–water partition coefficient (Wildman–Crippen LogP) is 2.46. The lowest BCUT2D eigenvalue weighted by Gasteiger charge is -2.09. The molecule has 6 heteroatoms. The largest absolute Gasteiger partial charge is 0.264 e. The predicted molar refractivity (Wildman–Crippen MR) is 89.6 cm³/mol. The Hall–Kier alpha value is -2.31. The summed E-state index contributed by atoms with van der Waals surface area (Å²) in [6.45, 7) is 2.25. The highest BCUT2D eigenvalue weighted by molar-refractivity contribution is 7.89. The number of nitrogens with one attached hydrogen (secondary N) is 1. The Kier molecular flexibility index (Phi) is 4.36. The Morgan fingerprint density at radius 2 is 2.00 bits per heavy atom. The van der Waals surface area contributed by atoms with Crippen LogP contribution >= 0.6 is 0 Å². The quantitative estimate of drug-likeness (QED) is 0.781. The second kappa shape index (κ2) is 6.44. The number of pyridine rings is 2. The van der Waals surface area contributed by atoms with Crippen molar-refractivity contribution in [2.45, 2.75) is 18.2 Å². The van der Waals surface area contributed by atoms with Gasteiger partial charge < -0.3 is 0 Å². The molecule has 0 fully saturated rings. The normalized spacial score (nSPS) is 11.7. The molecule has 0 aliphatic carbocycles. The van der Waals surface area contributed by atoms with E-state index in [1.165, 1.54) is 0 Å². The van der Waals surface area contributed by atoms with Crippen LogP contribution in [0.1, 0.15) is 11.1 Å². The molecule has 0 saturated heterocycles. The fraction of sp³-hybridized carbons (Fsp3) is 0.176. The summed E-state index contributed by atoms with van der Waals surface area (Å²) in [7, 11) is -3.60. The average Bonchev–Trinajstić information content (AvgIpc) is 2.55. The lowest BCUT2D eigenvalue weighted by Crippen LogP contribution is -2.26. The summed E-state index contributed by atoms with van der Waals surface area (Å²) in [5, 5.41) is 0.820. The number of fused-ring (bicyclic) bond motifs is 1. The molecule has 118 valence electrons. The van der Waals surface area contributed by atoms with Crippen LogP contribution in [0.15, 0.2) is 59.9 Å². The number of aryl methyl sites for hydroxylation is 1. The van der Waals surface area contributed by atoms with Gasteiger partial charge >= 0.3 is 0 Å². The van der Waals surface area contributed by atoms with E-state index in [4.69, 9.17) is 0 Å². The fourth-order valence-corrected chi connectivity index (χ4v) is 3.62. The number of aromatic nitrogens is 2. The van der Waals surface area contributed by atoms with Crippen molar-refractivity contribution < 1.29 is 8.42 Å². The molecule has 0 bridgehead atoms. The van der Waals surface area contributed by atoms with E-state index in [9.17, 15) is 8.42 Å². The SMILES string of the molecule is Cc1cnc2c(S(=O)(=O)NCCc3cccnc3)cccc2c1. The maximum atomic E-state index is 12.6. The number of nitrogens with zero attached hydrogens (tertiary/aromatic N) is 2. The van der Waals surface area contributed by atoms with E-state index in [0.717, 1.165) is 16.5 Å². The van der Waals surface area contributed by atoms with E-state index >= 15 is 0 Å². The molecule has 1 aromatic carbocycles. The van der Waals surface area contributed by atoms with Crippen molar-refractivity contribution in [2.75, 3.05) is 6.54 Å². The Labute approximate surface area is 135 Å². The molecular weight excluding hydrogens is 310 g/mol. The topological polar surface area (TPSA) is 72.0 Å². The third-order valence-corrected chi connectivity index (χ3v) is 5.02. The van der Waals surface area contributed by atoms with Gasteiger partial charge in [-0.1, -0.05) is 18.2 Å². The molecule has 0 spiro atoms. The summed E-state index contributed by atoms with van der Waals surface area (Å²) >= 11 is 0. The van der Waals surface area contributed by atoms with Gasteiger partial charge in [-0.25, -0.2) is 13.1 Å². The highest BCUT2D eigenvalue weighted by Crippen LogP contribution is 2.21. The second-order valence-electron chi connectivity index (χ2n) is 5.35. The molecule has 5 nitrogen and oxygen atoms in total. The van der Waals surface area contributed by atoms with Crippen molar-refractivity contribution in [1.82, 2.24) is 14.7 Å². The Morgan fingerprint density at radius 3 is 2.78 bits per heavy atom. The fourth-order valence-electron chi connectivity index (χ4n) is 2.41. The minimum Gasteiger partial charge on any atom is -0.264 e. The van der Waals surface area contributed by atoms with Crippen molar-refractivity contribution in [3.05, 3.63) is 66.1 Å². The Morgan fingerprint density at radius 1 is 1.13 bits per heavy atom. The van der Waals surface area contributed by atoms with E-state index in [-0.39, 0.29) is 4.90 Å². The number of hydrogen-bond donors (Lipinski definition) is 1. The van der Waals surface area contributed by atoms with Crippen LogP contribution in [0.25, 0.3) is 10.9 Å². The number of rotatable bonds is 5. The molecule has 3 rings (SSSR count). The van der Waals surface area contributed by atoms with Crippen LogP contribution in [0.5, 0.6) is 0 Å². The van der Waals surface area contributed by atoms with E-state index in [1.807, 2.05) is 31.2 Å². The number of sulfonamides is 1. The maximum absolute atomic E-state index is 12.6. The van der Waals surface area contributed by atoms with Crippen LogP contribution in [0.2, 0.25) is 0 Å². The maximum Gasteiger partial charge on any atom is 0.242 e. The summed E-state index contributed by atoms with van der Waals surface area (Å²) in [5.41, 5.74) is 2.48. The third-order valence-electron chi connectivity index (χ3n) is 3.53. The van der Waals surface area contributed by atoms with E-state index in [2.05, 4.69) is 14.7 Å². The number of para-hydroxylation sites is 1. The lowest BCUT2D eigenvalue weighted by atomic mass is 10.2. The van der Waals surface area contributed by atoms with Crippen LogP contribution in [0, 0.1) is 6.92 Å². The monoisotopic (exact) mass is 327 g/mol. The third kappa shape index (κ3) is 3.55. The van der Waals surface area contributed by atoms with E-state index in [0.29, 0.717) is 18.5 Å². The van der Waals surface area contributed by atoms with Gasteiger partial charge in [0.2, 0.25) is 10.0 Å². The van der Waals surface area contributed by atoms with Gasteiger partial charge in [-0.3, -0.25) is 9.97 Å². The van der Waals surface area contributed by atoms with Crippen molar-refractivity contribution in [1.29, 1.82) is 0 Å². The van der Waals surface area contributed by atoms with Crippen LogP contribution in [0.3, 0.4) is 0 Å². The number of benzene rings is 1. The highest BCUT2D eigenvalue weighted by atomic mass is 32.2. The molecule has 0 saturated carbocycles. The first-order chi connectivity index (χ1) is 11.1. The Bertz CT molecular complexity index is 925. The first-order valence-corrected chi connectivity index (χ1v) is 8.78. The zero-order valence-corrected chi connectivity index (χ0v) is 13.5. The summed E-state index contributed by atoms with van der Waals surface area (Å²) in [5.74, 6) is 0. The molecule has 23 heavy (non-hydrogen) atoms. The molecule has 2 heterocycles. The summed E-state index contributed by atoms with van der Waals surface area (Å²) in [4.78, 5) is 8.51. The summed E-state index contributed by atoms with van der Waals surface area (Å²) in [6.07, 6.45) is 5.69. The van der Waals surface area contributed by atoms with Crippen molar-refractivity contribution in [2.24, 2.45) is 0 Å². The second-order valence-corrected chi connectivity index (χ2v) is 7.08. The van der Waals surface area contributed by atoms with Gasteiger partial charge in [-0.2, -0.15) is 0 Å². The van der Waals surface area contributed by atoms with Crippen molar-refractivity contribution in [3.63, 3.8) is 0 Å². The van der Waals surface area contributed by atoms with Gasteiger partial charge in [0.15, 0.2) is 0 Å². The van der Waals surface area contributed by atoms with E-state index in [1.54, 1.807) is 30.7 Å². The zero-order chi connectivity index (χ0) is 16.3. The lowest BCUT2D eigenvalue weighted by molar-refractivity contribution is 0.582. The van der Waals surface area contributed by atoms with Crippen LogP contribution in [-0.4, -0.2) is 24.9 Å². The van der Waals surface area contributed by atoms with Crippen LogP contribution < -0.4 is 4.72 Å². The highest BCUT2D eigenvalue weighted by Gasteiger charge is 2.17. The molecule has 0 unspecified atom stereocenters. The first-order valence-electron chi connectivity index (χ1n) is 7.30. The average molecular weight is 327 g/mol. The molecule has 0 aliphatic rings. The summed E-state index contributed by atoms with van der Waals surface area (Å²) < 4.78 is 27.7. The molecule has 3 aromatic rings.